The maximum Gasteiger partial charge on any atom is 0.418 e. The second-order valence-electron chi connectivity index (χ2n) is 3.86. The molecule has 5 nitrogen and oxygen atoms in total. The molecule has 0 aromatic heterocycles. The Balaban J connectivity index is 2.97. The minimum atomic E-state index is -4.57. The summed E-state index contributed by atoms with van der Waals surface area (Å²) in [6.07, 6.45) is -4.57. The average molecular weight is 289 g/mol. The molecule has 0 aliphatic carbocycles. The van der Waals surface area contributed by atoms with Gasteiger partial charge in [-0.25, -0.2) is 0 Å². The number of carbonyl (C=O) groups excluding carboxylic acids is 2. The van der Waals surface area contributed by atoms with Crippen LogP contribution in [0.3, 0.4) is 0 Å². The quantitative estimate of drug-likeness (QED) is 0.780. The number of hydrogen-bond donors (Lipinski definition) is 3. The predicted octanol–water partition coefficient (Wildman–Crippen LogP) is 1.22. The highest BCUT2D eigenvalue weighted by Gasteiger charge is 2.34. The Morgan fingerprint density at radius 3 is 2.35 bits per heavy atom. The van der Waals surface area contributed by atoms with Crippen molar-refractivity contribution >= 4 is 17.5 Å². The monoisotopic (exact) mass is 289 g/mol. The number of alkyl halides is 3. The number of hydrogen-bond acceptors (Lipinski definition) is 3. The van der Waals surface area contributed by atoms with Gasteiger partial charge < -0.3 is 16.0 Å². The van der Waals surface area contributed by atoms with Gasteiger partial charge in [0.15, 0.2) is 0 Å². The molecule has 0 radical (unpaired) electrons. The Morgan fingerprint density at radius 1 is 1.20 bits per heavy atom. The van der Waals surface area contributed by atoms with Gasteiger partial charge in [-0.2, -0.15) is 13.2 Å². The number of carbonyl (C=O) groups is 2. The second-order valence-corrected chi connectivity index (χ2v) is 3.86. The summed E-state index contributed by atoms with van der Waals surface area (Å²) in [6, 6.07) is 3.16. The van der Waals surface area contributed by atoms with Gasteiger partial charge in [0.05, 0.1) is 12.1 Å². The summed E-state index contributed by atoms with van der Waals surface area (Å²) in [7, 11) is 2.74. The zero-order valence-corrected chi connectivity index (χ0v) is 10.9. The molecule has 0 atom stereocenters. The number of rotatable bonds is 4. The standard InChI is InChI=1S/C12H14F3N3O2/c1-16-9-4-3-7(5-8(9)12(13,14)15)11(20)18-6-10(19)17-2/h3-5,16H,6H2,1-2H3,(H,17,19)(H,18,20). The zero-order valence-electron chi connectivity index (χ0n) is 10.9. The normalized spacial score (nSPS) is 10.8. The van der Waals surface area contributed by atoms with Gasteiger partial charge in [0.2, 0.25) is 5.91 Å². The van der Waals surface area contributed by atoms with E-state index in [4.69, 9.17) is 0 Å². The number of halogens is 3. The van der Waals surface area contributed by atoms with Gasteiger partial charge >= 0.3 is 6.18 Å². The van der Waals surface area contributed by atoms with E-state index in [1.807, 2.05) is 0 Å². The van der Waals surface area contributed by atoms with E-state index < -0.39 is 23.6 Å². The van der Waals surface area contributed by atoms with E-state index >= 15 is 0 Å². The van der Waals surface area contributed by atoms with Gasteiger partial charge in [0.25, 0.3) is 5.91 Å². The van der Waals surface area contributed by atoms with Gasteiger partial charge in [0, 0.05) is 25.3 Å². The third kappa shape index (κ3) is 3.87. The van der Waals surface area contributed by atoms with E-state index in [2.05, 4.69) is 16.0 Å². The van der Waals surface area contributed by atoms with Crippen LogP contribution in [-0.2, 0) is 11.0 Å². The third-order valence-electron chi connectivity index (χ3n) is 2.54. The van der Waals surface area contributed by atoms with Crippen LogP contribution in [0.15, 0.2) is 18.2 Å². The summed E-state index contributed by atoms with van der Waals surface area (Å²) < 4.78 is 38.4. The molecule has 2 amide bonds. The molecule has 0 saturated carbocycles. The summed E-state index contributed by atoms with van der Waals surface area (Å²) in [5.41, 5.74) is -1.23. The first kappa shape index (κ1) is 15.8. The maximum atomic E-state index is 12.8. The molecule has 0 fully saturated rings. The first-order chi connectivity index (χ1) is 9.29. The summed E-state index contributed by atoms with van der Waals surface area (Å²) in [4.78, 5) is 22.6. The summed E-state index contributed by atoms with van der Waals surface area (Å²) in [5, 5.41) is 6.92. The Morgan fingerprint density at radius 2 is 1.85 bits per heavy atom. The largest absolute Gasteiger partial charge is 0.418 e. The van der Waals surface area contributed by atoms with E-state index in [-0.39, 0.29) is 17.8 Å². The van der Waals surface area contributed by atoms with Crippen LogP contribution < -0.4 is 16.0 Å². The van der Waals surface area contributed by atoms with Crippen molar-refractivity contribution in [2.75, 3.05) is 26.0 Å². The Labute approximate surface area is 113 Å². The molecule has 3 N–H and O–H groups in total. The first-order valence-corrected chi connectivity index (χ1v) is 5.67. The van der Waals surface area contributed by atoms with Crippen LogP contribution in [0.25, 0.3) is 0 Å². The number of benzene rings is 1. The summed E-state index contributed by atoms with van der Waals surface area (Å²) >= 11 is 0. The van der Waals surface area contributed by atoms with Crippen molar-refractivity contribution in [3.8, 4) is 0 Å². The van der Waals surface area contributed by atoms with Gasteiger partial charge in [-0.1, -0.05) is 0 Å². The van der Waals surface area contributed by atoms with Crippen molar-refractivity contribution in [3.05, 3.63) is 29.3 Å². The molecule has 1 rings (SSSR count). The number of likely N-dealkylation sites (N-methyl/N-ethyl adjacent to an activating group) is 1. The molecule has 0 aliphatic heterocycles. The highest BCUT2D eigenvalue weighted by atomic mass is 19.4. The third-order valence-corrected chi connectivity index (χ3v) is 2.54. The van der Waals surface area contributed by atoms with Crippen LogP contribution in [0.5, 0.6) is 0 Å². The number of amides is 2. The van der Waals surface area contributed by atoms with Crippen LogP contribution >= 0.6 is 0 Å². The van der Waals surface area contributed by atoms with Crippen molar-refractivity contribution in [3.63, 3.8) is 0 Å². The fourth-order valence-corrected chi connectivity index (χ4v) is 1.49. The van der Waals surface area contributed by atoms with Crippen molar-refractivity contribution in [2.24, 2.45) is 0 Å². The molecule has 1 aromatic rings. The molecular weight excluding hydrogens is 275 g/mol. The Bertz CT molecular complexity index is 515. The fourth-order valence-electron chi connectivity index (χ4n) is 1.49. The van der Waals surface area contributed by atoms with Crippen LogP contribution in [0, 0.1) is 0 Å². The molecule has 20 heavy (non-hydrogen) atoms. The summed E-state index contributed by atoms with van der Waals surface area (Å²) in [5.74, 6) is -1.19. The van der Waals surface area contributed by atoms with Crippen LogP contribution in [-0.4, -0.2) is 32.5 Å². The molecule has 0 saturated heterocycles. The Hall–Kier alpha value is -2.25. The highest BCUT2D eigenvalue weighted by Crippen LogP contribution is 2.35. The number of nitrogens with one attached hydrogen (secondary N) is 3. The molecule has 0 unspecified atom stereocenters. The highest BCUT2D eigenvalue weighted by molar-refractivity contribution is 5.97. The van der Waals surface area contributed by atoms with Gasteiger partial charge in [-0.3, -0.25) is 9.59 Å². The zero-order chi connectivity index (χ0) is 15.3. The predicted molar refractivity (Wildman–Crippen MR) is 67.4 cm³/mol. The minimum Gasteiger partial charge on any atom is -0.388 e. The van der Waals surface area contributed by atoms with Crippen LogP contribution in [0.4, 0.5) is 18.9 Å². The SMILES string of the molecule is CNC(=O)CNC(=O)c1ccc(NC)c(C(F)(F)F)c1. The molecular formula is C12H14F3N3O2. The number of anilines is 1. The maximum absolute atomic E-state index is 12.8. The van der Waals surface area contributed by atoms with Gasteiger partial charge in [-0.15, -0.1) is 0 Å². The molecule has 110 valence electrons. The molecule has 0 aliphatic rings. The smallest absolute Gasteiger partial charge is 0.388 e. The van der Waals surface area contributed by atoms with Crippen molar-refractivity contribution in [1.82, 2.24) is 10.6 Å². The topological polar surface area (TPSA) is 70.2 Å². The molecule has 8 heteroatoms. The minimum absolute atomic E-state index is 0.125. The van der Waals surface area contributed by atoms with E-state index in [9.17, 15) is 22.8 Å². The van der Waals surface area contributed by atoms with Gasteiger partial charge in [-0.05, 0) is 18.2 Å². The first-order valence-electron chi connectivity index (χ1n) is 5.67. The van der Waals surface area contributed by atoms with E-state index in [1.165, 1.54) is 20.2 Å². The van der Waals surface area contributed by atoms with Crippen molar-refractivity contribution < 1.29 is 22.8 Å². The van der Waals surface area contributed by atoms with E-state index in [0.717, 1.165) is 12.1 Å². The lowest BCUT2D eigenvalue weighted by molar-refractivity contribution is -0.137. The summed E-state index contributed by atoms with van der Waals surface area (Å²) in [6.45, 7) is -0.301. The van der Waals surface area contributed by atoms with E-state index in [0.29, 0.717) is 0 Å². The lowest BCUT2D eigenvalue weighted by Crippen LogP contribution is -2.35. The van der Waals surface area contributed by atoms with E-state index in [1.54, 1.807) is 0 Å². The average Bonchev–Trinajstić information content (AvgIpc) is 2.42. The lowest BCUT2D eigenvalue weighted by Gasteiger charge is -2.14. The lowest BCUT2D eigenvalue weighted by atomic mass is 10.1. The van der Waals surface area contributed by atoms with Crippen molar-refractivity contribution in [1.29, 1.82) is 0 Å². The Kier molecular flexibility index (Phi) is 4.95. The van der Waals surface area contributed by atoms with Crippen LogP contribution in [0.1, 0.15) is 15.9 Å². The van der Waals surface area contributed by atoms with Gasteiger partial charge in [0.1, 0.15) is 0 Å². The second kappa shape index (κ2) is 6.27. The molecule has 0 bridgehead atoms. The molecule has 0 spiro atoms. The fraction of sp³-hybridized carbons (Fsp3) is 0.333. The van der Waals surface area contributed by atoms with Crippen molar-refractivity contribution in [2.45, 2.75) is 6.18 Å². The van der Waals surface area contributed by atoms with Crippen LogP contribution in [0.2, 0.25) is 0 Å². The molecule has 0 heterocycles. The molecule has 1 aromatic carbocycles.